The average Bonchev–Trinajstić information content (AvgIpc) is 2.72. The molecule has 2 unspecified atom stereocenters. The molecule has 3 rings (SSSR count). The number of hydrogen-bond donors (Lipinski definition) is 2. The second-order valence-corrected chi connectivity index (χ2v) is 6.04. The highest BCUT2D eigenvalue weighted by molar-refractivity contribution is 5.62. The number of hydrogen-bond acceptors (Lipinski definition) is 3. The molecular formula is C17H23N3O. The molecule has 2 atom stereocenters. The molecule has 1 aliphatic rings. The van der Waals surface area contributed by atoms with Gasteiger partial charge in [0.15, 0.2) is 0 Å². The van der Waals surface area contributed by atoms with Crippen molar-refractivity contribution in [1.29, 1.82) is 0 Å². The number of nitrogen functional groups attached to an aromatic ring is 1. The molecule has 1 heterocycles. The Morgan fingerprint density at radius 2 is 1.86 bits per heavy atom. The standard InChI is InChI=1S/C17H23N3O/c1-12-7-9-13(10-8-12)14-11-17(18)20(19-14)15-5-3-2-4-6-16(15)21/h7-11,15-16,21H,2-6,18H2,1H3. The van der Waals surface area contributed by atoms with Crippen LogP contribution in [-0.2, 0) is 0 Å². The molecule has 0 spiro atoms. The number of aliphatic hydroxyl groups is 1. The number of nitrogens with zero attached hydrogens (tertiary/aromatic N) is 2. The summed E-state index contributed by atoms with van der Waals surface area (Å²) in [5.41, 5.74) is 9.31. The molecule has 0 saturated heterocycles. The lowest BCUT2D eigenvalue weighted by Crippen LogP contribution is -2.25. The van der Waals surface area contributed by atoms with E-state index >= 15 is 0 Å². The Morgan fingerprint density at radius 1 is 1.14 bits per heavy atom. The zero-order chi connectivity index (χ0) is 14.8. The van der Waals surface area contributed by atoms with E-state index in [4.69, 9.17) is 5.73 Å². The molecule has 0 aliphatic heterocycles. The van der Waals surface area contributed by atoms with E-state index in [-0.39, 0.29) is 12.1 Å². The summed E-state index contributed by atoms with van der Waals surface area (Å²) in [6.45, 7) is 2.07. The molecule has 112 valence electrons. The van der Waals surface area contributed by atoms with Crippen molar-refractivity contribution in [3.63, 3.8) is 0 Å². The van der Waals surface area contributed by atoms with Crippen LogP contribution in [0.2, 0.25) is 0 Å². The molecule has 4 nitrogen and oxygen atoms in total. The summed E-state index contributed by atoms with van der Waals surface area (Å²) in [4.78, 5) is 0. The van der Waals surface area contributed by atoms with Crippen molar-refractivity contribution >= 4 is 5.82 Å². The van der Waals surface area contributed by atoms with Gasteiger partial charge in [0.05, 0.1) is 17.8 Å². The van der Waals surface area contributed by atoms with Gasteiger partial charge in [0.2, 0.25) is 0 Å². The number of aromatic nitrogens is 2. The summed E-state index contributed by atoms with van der Waals surface area (Å²) in [5, 5.41) is 15.0. The predicted octanol–water partition coefficient (Wildman–Crippen LogP) is 3.31. The number of nitrogens with two attached hydrogens (primary N) is 1. The van der Waals surface area contributed by atoms with Gasteiger partial charge >= 0.3 is 0 Å². The van der Waals surface area contributed by atoms with Crippen molar-refractivity contribution in [3.05, 3.63) is 35.9 Å². The fraction of sp³-hybridized carbons (Fsp3) is 0.471. The van der Waals surface area contributed by atoms with Gasteiger partial charge in [0.1, 0.15) is 5.82 Å². The molecule has 2 aromatic rings. The molecular weight excluding hydrogens is 262 g/mol. The predicted molar refractivity (Wildman–Crippen MR) is 84.9 cm³/mol. The van der Waals surface area contributed by atoms with Gasteiger partial charge in [0.25, 0.3) is 0 Å². The van der Waals surface area contributed by atoms with Gasteiger partial charge < -0.3 is 10.8 Å². The van der Waals surface area contributed by atoms with E-state index in [1.807, 2.05) is 10.7 Å². The molecule has 0 radical (unpaired) electrons. The fourth-order valence-corrected chi connectivity index (χ4v) is 3.09. The van der Waals surface area contributed by atoms with Crippen LogP contribution in [0.25, 0.3) is 11.3 Å². The maximum absolute atomic E-state index is 10.3. The lowest BCUT2D eigenvalue weighted by atomic mass is 10.1. The number of anilines is 1. The minimum absolute atomic E-state index is 0.00620. The molecule has 1 fully saturated rings. The van der Waals surface area contributed by atoms with Crippen LogP contribution in [0.3, 0.4) is 0 Å². The van der Waals surface area contributed by atoms with Gasteiger partial charge in [-0.3, -0.25) is 0 Å². The molecule has 1 aromatic carbocycles. The first-order valence-electron chi connectivity index (χ1n) is 7.75. The highest BCUT2D eigenvalue weighted by Gasteiger charge is 2.25. The first-order valence-corrected chi connectivity index (χ1v) is 7.75. The summed E-state index contributed by atoms with van der Waals surface area (Å²) < 4.78 is 1.82. The summed E-state index contributed by atoms with van der Waals surface area (Å²) in [7, 11) is 0. The van der Waals surface area contributed by atoms with E-state index in [0.29, 0.717) is 5.82 Å². The highest BCUT2D eigenvalue weighted by Crippen LogP contribution is 2.31. The normalized spacial score (nSPS) is 23.0. The lowest BCUT2D eigenvalue weighted by molar-refractivity contribution is 0.100. The number of benzene rings is 1. The second kappa shape index (κ2) is 5.90. The van der Waals surface area contributed by atoms with Gasteiger partial charge in [-0.2, -0.15) is 5.10 Å². The van der Waals surface area contributed by atoms with E-state index in [0.717, 1.165) is 36.9 Å². The third-order valence-corrected chi connectivity index (χ3v) is 4.37. The number of aryl methyl sites for hydroxylation is 1. The van der Waals surface area contributed by atoms with Crippen molar-refractivity contribution in [3.8, 4) is 11.3 Å². The molecule has 1 saturated carbocycles. The second-order valence-electron chi connectivity index (χ2n) is 6.04. The van der Waals surface area contributed by atoms with Crippen molar-refractivity contribution in [2.75, 3.05) is 5.73 Å². The van der Waals surface area contributed by atoms with Crippen LogP contribution in [0.15, 0.2) is 30.3 Å². The zero-order valence-electron chi connectivity index (χ0n) is 12.5. The Labute approximate surface area is 125 Å². The van der Waals surface area contributed by atoms with Crippen molar-refractivity contribution in [1.82, 2.24) is 9.78 Å². The Bertz CT molecular complexity index is 603. The summed E-state index contributed by atoms with van der Waals surface area (Å²) >= 11 is 0. The van der Waals surface area contributed by atoms with E-state index in [9.17, 15) is 5.11 Å². The minimum atomic E-state index is -0.347. The van der Waals surface area contributed by atoms with Gasteiger partial charge in [-0.15, -0.1) is 0 Å². The summed E-state index contributed by atoms with van der Waals surface area (Å²) in [6, 6.07) is 10.2. The number of rotatable bonds is 2. The molecule has 1 aromatic heterocycles. The quantitative estimate of drug-likeness (QED) is 0.832. The molecule has 4 heteroatoms. The van der Waals surface area contributed by atoms with Gasteiger partial charge in [-0.05, 0) is 19.8 Å². The van der Waals surface area contributed by atoms with E-state index in [2.05, 4.69) is 36.3 Å². The lowest BCUT2D eigenvalue weighted by Gasteiger charge is -2.21. The van der Waals surface area contributed by atoms with Crippen molar-refractivity contribution < 1.29 is 5.11 Å². The molecule has 1 aliphatic carbocycles. The van der Waals surface area contributed by atoms with Crippen LogP contribution in [0.1, 0.15) is 43.7 Å². The van der Waals surface area contributed by atoms with Crippen LogP contribution < -0.4 is 5.73 Å². The summed E-state index contributed by atoms with van der Waals surface area (Å²) in [5.74, 6) is 0.636. The van der Waals surface area contributed by atoms with Crippen LogP contribution in [-0.4, -0.2) is 21.0 Å². The summed E-state index contributed by atoms with van der Waals surface area (Å²) in [6.07, 6.45) is 4.83. The maximum atomic E-state index is 10.3. The number of aliphatic hydroxyl groups excluding tert-OH is 1. The van der Waals surface area contributed by atoms with Gasteiger partial charge in [-0.25, -0.2) is 4.68 Å². The van der Waals surface area contributed by atoms with E-state index < -0.39 is 0 Å². The molecule has 0 amide bonds. The van der Waals surface area contributed by atoms with E-state index in [1.165, 1.54) is 12.0 Å². The third-order valence-electron chi connectivity index (χ3n) is 4.37. The highest BCUT2D eigenvalue weighted by atomic mass is 16.3. The zero-order valence-corrected chi connectivity index (χ0v) is 12.5. The van der Waals surface area contributed by atoms with Gasteiger partial charge in [0, 0.05) is 11.6 Å². The van der Waals surface area contributed by atoms with Crippen LogP contribution >= 0.6 is 0 Å². The smallest absolute Gasteiger partial charge is 0.122 e. The topological polar surface area (TPSA) is 64.1 Å². The monoisotopic (exact) mass is 285 g/mol. The van der Waals surface area contributed by atoms with Crippen LogP contribution in [0.4, 0.5) is 5.82 Å². The van der Waals surface area contributed by atoms with Crippen LogP contribution in [0, 0.1) is 6.92 Å². The first-order chi connectivity index (χ1) is 10.1. The third kappa shape index (κ3) is 2.95. The Balaban J connectivity index is 1.91. The van der Waals surface area contributed by atoms with E-state index in [1.54, 1.807) is 0 Å². The van der Waals surface area contributed by atoms with Gasteiger partial charge in [-0.1, -0.05) is 49.1 Å². The molecule has 3 N–H and O–H groups in total. The fourth-order valence-electron chi connectivity index (χ4n) is 3.09. The Morgan fingerprint density at radius 3 is 2.62 bits per heavy atom. The van der Waals surface area contributed by atoms with Crippen LogP contribution in [0.5, 0.6) is 0 Å². The SMILES string of the molecule is Cc1ccc(-c2cc(N)n(C3CCCCCC3O)n2)cc1. The minimum Gasteiger partial charge on any atom is -0.391 e. The van der Waals surface area contributed by atoms with Crippen molar-refractivity contribution in [2.45, 2.75) is 51.2 Å². The Hall–Kier alpha value is -1.81. The maximum Gasteiger partial charge on any atom is 0.122 e. The molecule has 0 bridgehead atoms. The molecule has 21 heavy (non-hydrogen) atoms. The largest absolute Gasteiger partial charge is 0.391 e. The average molecular weight is 285 g/mol. The first kappa shape index (κ1) is 14.1. The Kier molecular flexibility index (Phi) is 3.97. The van der Waals surface area contributed by atoms with Crippen molar-refractivity contribution in [2.24, 2.45) is 0 Å².